The molecule has 0 atom stereocenters. The van der Waals surface area contributed by atoms with Crippen molar-refractivity contribution in [1.82, 2.24) is 4.98 Å². The van der Waals surface area contributed by atoms with Crippen LogP contribution < -0.4 is 10.6 Å². The van der Waals surface area contributed by atoms with Crippen molar-refractivity contribution in [2.24, 2.45) is 0 Å². The highest BCUT2D eigenvalue weighted by molar-refractivity contribution is 6.02. The number of aryl methyl sites for hydroxylation is 2. The molecule has 0 saturated heterocycles. The van der Waals surface area contributed by atoms with Crippen molar-refractivity contribution in [3.8, 4) is 0 Å². The van der Waals surface area contributed by atoms with E-state index in [4.69, 9.17) is 0 Å². The molecule has 2 N–H and O–H groups in total. The van der Waals surface area contributed by atoms with Crippen LogP contribution in [0.25, 0.3) is 0 Å². The predicted molar refractivity (Wildman–Crippen MR) is 97.8 cm³/mol. The third-order valence-electron chi connectivity index (χ3n) is 3.70. The van der Waals surface area contributed by atoms with Crippen molar-refractivity contribution in [2.75, 3.05) is 10.6 Å². The summed E-state index contributed by atoms with van der Waals surface area (Å²) >= 11 is 0. The Morgan fingerprint density at radius 2 is 1.71 bits per heavy atom. The molecule has 1 heterocycles. The highest BCUT2D eigenvalue weighted by atomic mass is 16.1. The van der Waals surface area contributed by atoms with Gasteiger partial charge in [0.2, 0.25) is 0 Å². The van der Waals surface area contributed by atoms with Gasteiger partial charge in [-0.3, -0.25) is 4.79 Å². The van der Waals surface area contributed by atoms with Crippen LogP contribution in [-0.4, -0.2) is 10.9 Å². The Bertz CT molecular complexity index is 843. The standard InChI is InChI=1S/C20H19N3O/c1-14-8-9-15(2)19(12-14)22-17-10-11-18(21-13-17)20(24)23-16-6-4-3-5-7-16/h3-13,22H,1-2H3,(H,23,24). The Hall–Kier alpha value is -3.14. The molecule has 0 fully saturated rings. The second-order valence-corrected chi connectivity index (χ2v) is 5.70. The summed E-state index contributed by atoms with van der Waals surface area (Å²) in [5, 5.41) is 6.16. The normalized spacial score (nSPS) is 10.2. The number of carbonyl (C=O) groups is 1. The number of amides is 1. The monoisotopic (exact) mass is 317 g/mol. The first kappa shape index (κ1) is 15.7. The molecule has 1 amide bonds. The van der Waals surface area contributed by atoms with E-state index in [1.807, 2.05) is 36.4 Å². The van der Waals surface area contributed by atoms with E-state index in [0.717, 1.165) is 22.6 Å². The van der Waals surface area contributed by atoms with Crippen LogP contribution in [0.5, 0.6) is 0 Å². The first-order chi connectivity index (χ1) is 11.6. The van der Waals surface area contributed by atoms with Crippen molar-refractivity contribution < 1.29 is 4.79 Å². The summed E-state index contributed by atoms with van der Waals surface area (Å²) in [6.07, 6.45) is 1.67. The first-order valence-electron chi connectivity index (χ1n) is 7.78. The average molecular weight is 317 g/mol. The maximum absolute atomic E-state index is 12.2. The fourth-order valence-electron chi connectivity index (χ4n) is 2.34. The number of nitrogens with zero attached hydrogens (tertiary/aromatic N) is 1. The molecule has 0 saturated carbocycles. The molecular formula is C20H19N3O. The van der Waals surface area contributed by atoms with Gasteiger partial charge < -0.3 is 10.6 Å². The molecule has 24 heavy (non-hydrogen) atoms. The highest BCUT2D eigenvalue weighted by Crippen LogP contribution is 2.21. The summed E-state index contributed by atoms with van der Waals surface area (Å²) < 4.78 is 0. The topological polar surface area (TPSA) is 54.0 Å². The fourth-order valence-corrected chi connectivity index (χ4v) is 2.34. The van der Waals surface area contributed by atoms with Crippen LogP contribution in [0.4, 0.5) is 17.1 Å². The SMILES string of the molecule is Cc1ccc(C)c(Nc2ccc(C(=O)Nc3ccccc3)nc2)c1. The summed E-state index contributed by atoms with van der Waals surface area (Å²) in [5.74, 6) is -0.223. The lowest BCUT2D eigenvalue weighted by atomic mass is 10.1. The molecule has 0 radical (unpaired) electrons. The summed E-state index contributed by atoms with van der Waals surface area (Å²) in [5.41, 5.74) is 5.37. The maximum atomic E-state index is 12.2. The molecule has 4 heteroatoms. The largest absolute Gasteiger partial charge is 0.354 e. The van der Waals surface area contributed by atoms with Gasteiger partial charge in [-0.1, -0.05) is 30.3 Å². The van der Waals surface area contributed by atoms with Crippen LogP contribution in [0.3, 0.4) is 0 Å². The molecule has 0 aliphatic heterocycles. The molecular weight excluding hydrogens is 298 g/mol. The summed E-state index contributed by atoms with van der Waals surface area (Å²) in [6.45, 7) is 4.11. The van der Waals surface area contributed by atoms with Gasteiger partial charge in [0.05, 0.1) is 11.9 Å². The van der Waals surface area contributed by atoms with E-state index >= 15 is 0 Å². The highest BCUT2D eigenvalue weighted by Gasteiger charge is 2.08. The number of rotatable bonds is 4. The smallest absolute Gasteiger partial charge is 0.274 e. The van der Waals surface area contributed by atoms with Crippen molar-refractivity contribution in [1.29, 1.82) is 0 Å². The van der Waals surface area contributed by atoms with E-state index in [1.165, 1.54) is 5.56 Å². The quantitative estimate of drug-likeness (QED) is 0.733. The Morgan fingerprint density at radius 1 is 0.917 bits per heavy atom. The number of anilines is 3. The number of carbonyl (C=O) groups excluding carboxylic acids is 1. The van der Waals surface area contributed by atoms with Gasteiger partial charge in [-0.15, -0.1) is 0 Å². The molecule has 2 aromatic carbocycles. The van der Waals surface area contributed by atoms with Crippen molar-refractivity contribution in [2.45, 2.75) is 13.8 Å². The molecule has 0 bridgehead atoms. The van der Waals surface area contributed by atoms with E-state index in [-0.39, 0.29) is 5.91 Å². The zero-order chi connectivity index (χ0) is 16.9. The van der Waals surface area contributed by atoms with Gasteiger partial charge in [-0.2, -0.15) is 0 Å². The Labute approximate surface area is 141 Å². The van der Waals surface area contributed by atoms with Gasteiger partial charge >= 0.3 is 0 Å². The van der Waals surface area contributed by atoms with Crippen LogP contribution in [-0.2, 0) is 0 Å². The maximum Gasteiger partial charge on any atom is 0.274 e. The summed E-state index contributed by atoms with van der Waals surface area (Å²) in [4.78, 5) is 16.4. The van der Waals surface area contributed by atoms with Crippen LogP contribution in [0.2, 0.25) is 0 Å². The lowest BCUT2D eigenvalue weighted by Crippen LogP contribution is -2.13. The molecule has 0 spiro atoms. The van der Waals surface area contributed by atoms with E-state index in [9.17, 15) is 4.79 Å². The number of hydrogen-bond acceptors (Lipinski definition) is 3. The molecule has 0 aliphatic carbocycles. The Balaban J connectivity index is 1.71. The number of pyridine rings is 1. The third-order valence-corrected chi connectivity index (χ3v) is 3.70. The minimum Gasteiger partial charge on any atom is -0.354 e. The molecule has 0 aliphatic rings. The summed E-state index contributed by atoms with van der Waals surface area (Å²) in [7, 11) is 0. The lowest BCUT2D eigenvalue weighted by Gasteiger charge is -2.11. The Morgan fingerprint density at radius 3 is 2.42 bits per heavy atom. The molecule has 3 aromatic rings. The molecule has 0 unspecified atom stereocenters. The number of para-hydroxylation sites is 1. The number of benzene rings is 2. The zero-order valence-electron chi connectivity index (χ0n) is 13.7. The molecule has 4 nitrogen and oxygen atoms in total. The Kier molecular flexibility index (Phi) is 4.57. The molecule has 1 aromatic heterocycles. The van der Waals surface area contributed by atoms with Gasteiger partial charge in [0.1, 0.15) is 5.69 Å². The minimum atomic E-state index is -0.223. The van der Waals surface area contributed by atoms with Crippen LogP contribution >= 0.6 is 0 Å². The van der Waals surface area contributed by atoms with E-state index in [0.29, 0.717) is 5.69 Å². The van der Waals surface area contributed by atoms with Gasteiger partial charge in [0.25, 0.3) is 5.91 Å². The molecule has 120 valence electrons. The second kappa shape index (κ2) is 6.96. The van der Waals surface area contributed by atoms with Crippen LogP contribution in [0.15, 0.2) is 66.9 Å². The van der Waals surface area contributed by atoms with Gasteiger partial charge in [-0.05, 0) is 55.3 Å². The predicted octanol–water partition coefficient (Wildman–Crippen LogP) is 4.69. The van der Waals surface area contributed by atoms with Crippen molar-refractivity contribution in [3.05, 3.63) is 83.7 Å². The van der Waals surface area contributed by atoms with Crippen LogP contribution in [0.1, 0.15) is 21.6 Å². The first-order valence-corrected chi connectivity index (χ1v) is 7.78. The second-order valence-electron chi connectivity index (χ2n) is 5.70. The third kappa shape index (κ3) is 3.79. The minimum absolute atomic E-state index is 0.223. The van der Waals surface area contributed by atoms with Gasteiger partial charge in [-0.25, -0.2) is 4.98 Å². The average Bonchev–Trinajstić information content (AvgIpc) is 2.60. The fraction of sp³-hybridized carbons (Fsp3) is 0.100. The number of aromatic nitrogens is 1. The van der Waals surface area contributed by atoms with Gasteiger partial charge in [0.15, 0.2) is 0 Å². The summed E-state index contributed by atoms with van der Waals surface area (Å²) in [6, 6.07) is 19.2. The number of nitrogens with one attached hydrogen (secondary N) is 2. The van der Waals surface area contributed by atoms with Crippen LogP contribution in [0, 0.1) is 13.8 Å². The van der Waals surface area contributed by atoms with Crippen molar-refractivity contribution in [3.63, 3.8) is 0 Å². The molecule has 3 rings (SSSR count). The number of hydrogen-bond donors (Lipinski definition) is 2. The van der Waals surface area contributed by atoms with E-state index in [1.54, 1.807) is 12.3 Å². The van der Waals surface area contributed by atoms with Gasteiger partial charge in [0, 0.05) is 11.4 Å². The lowest BCUT2D eigenvalue weighted by molar-refractivity contribution is 0.102. The zero-order valence-corrected chi connectivity index (χ0v) is 13.7. The van der Waals surface area contributed by atoms with Crippen molar-refractivity contribution >= 4 is 23.0 Å². The van der Waals surface area contributed by atoms with E-state index in [2.05, 4.69) is 47.7 Å². The van der Waals surface area contributed by atoms with E-state index < -0.39 is 0 Å².